The molecule has 2 aliphatic heterocycles. The molecule has 0 radical (unpaired) electrons. The fraction of sp³-hybridized carbons (Fsp3) is 0.500. The zero-order chi connectivity index (χ0) is 17.3. The van der Waals surface area contributed by atoms with E-state index in [0.717, 1.165) is 5.56 Å². The maximum atomic E-state index is 12.2. The van der Waals surface area contributed by atoms with Crippen LogP contribution in [0.3, 0.4) is 0 Å². The van der Waals surface area contributed by atoms with E-state index in [4.69, 9.17) is 9.84 Å². The zero-order valence-corrected chi connectivity index (χ0v) is 13.8. The topological polar surface area (TPSA) is 101 Å². The summed E-state index contributed by atoms with van der Waals surface area (Å²) in [6.07, 6.45) is -0.745. The number of carboxylic acid groups (broad SMARTS) is 1. The Bertz CT molecular complexity index is 732. The van der Waals surface area contributed by atoms with Gasteiger partial charge in [-0.25, -0.2) is 13.2 Å². The van der Waals surface area contributed by atoms with Crippen LogP contribution in [0.1, 0.15) is 12.0 Å². The van der Waals surface area contributed by atoms with Crippen LogP contribution in [-0.4, -0.2) is 54.6 Å². The normalized spacial score (nSPS) is 27.7. The average Bonchev–Trinajstić information content (AvgIpc) is 3.06. The van der Waals surface area contributed by atoms with Crippen molar-refractivity contribution in [2.75, 3.05) is 18.8 Å². The quantitative estimate of drug-likeness (QED) is 0.871. The molecule has 1 aromatic carbocycles. The summed E-state index contributed by atoms with van der Waals surface area (Å²) < 4.78 is 29.7. The number of aliphatic carboxylic acids is 1. The third-order valence-electron chi connectivity index (χ3n) is 4.72. The Kier molecular flexibility index (Phi) is 4.49. The number of amides is 1. The second-order valence-electron chi connectivity index (χ2n) is 6.33. The summed E-state index contributed by atoms with van der Waals surface area (Å²) in [6, 6.07) is 9.21. The smallest absolute Gasteiger partial charge is 0.410 e. The van der Waals surface area contributed by atoms with Gasteiger partial charge in [-0.2, -0.15) is 0 Å². The van der Waals surface area contributed by atoms with Crippen LogP contribution in [0.5, 0.6) is 0 Å². The Hall–Kier alpha value is -2.09. The van der Waals surface area contributed by atoms with Crippen LogP contribution >= 0.6 is 0 Å². The highest BCUT2D eigenvalue weighted by atomic mass is 32.2. The molecule has 0 unspecified atom stereocenters. The molecule has 1 N–H and O–H groups in total. The molecule has 1 aromatic rings. The minimum absolute atomic E-state index is 0.0801. The molecule has 0 aliphatic carbocycles. The third kappa shape index (κ3) is 3.38. The van der Waals surface area contributed by atoms with E-state index in [2.05, 4.69) is 0 Å². The van der Waals surface area contributed by atoms with Gasteiger partial charge in [0, 0.05) is 19.5 Å². The minimum Gasteiger partial charge on any atom is -0.481 e. The number of benzene rings is 1. The van der Waals surface area contributed by atoms with Crippen LogP contribution in [0.25, 0.3) is 0 Å². The number of rotatable bonds is 4. The van der Waals surface area contributed by atoms with Crippen molar-refractivity contribution in [1.82, 2.24) is 4.90 Å². The van der Waals surface area contributed by atoms with Gasteiger partial charge in [0.2, 0.25) is 0 Å². The van der Waals surface area contributed by atoms with E-state index in [-0.39, 0.29) is 37.8 Å². The Morgan fingerprint density at radius 3 is 2.58 bits per heavy atom. The van der Waals surface area contributed by atoms with Crippen LogP contribution in [-0.2, 0) is 26.0 Å². The first-order chi connectivity index (χ1) is 11.4. The van der Waals surface area contributed by atoms with E-state index in [0.29, 0.717) is 0 Å². The van der Waals surface area contributed by atoms with E-state index in [9.17, 15) is 18.0 Å². The highest BCUT2D eigenvalue weighted by Crippen LogP contribution is 2.39. The van der Waals surface area contributed by atoms with Crippen molar-refractivity contribution in [3.63, 3.8) is 0 Å². The predicted octanol–water partition coefficient (Wildman–Crippen LogP) is 1.14. The lowest BCUT2D eigenvalue weighted by atomic mass is 9.91. The highest BCUT2D eigenvalue weighted by molar-refractivity contribution is 7.92. The van der Waals surface area contributed by atoms with Crippen molar-refractivity contribution in [1.29, 1.82) is 0 Å². The number of carbonyl (C=O) groups is 2. The van der Waals surface area contributed by atoms with Crippen molar-refractivity contribution in [3.8, 4) is 0 Å². The second-order valence-corrected chi connectivity index (χ2v) is 8.60. The molecule has 3 atom stereocenters. The third-order valence-corrected chi connectivity index (χ3v) is 7.04. The number of ether oxygens (including phenoxy) is 1. The summed E-state index contributed by atoms with van der Waals surface area (Å²) in [7, 11) is -3.36. The molecule has 1 amide bonds. The van der Waals surface area contributed by atoms with Crippen molar-refractivity contribution in [2.45, 2.75) is 18.3 Å². The maximum absolute atomic E-state index is 12.2. The summed E-state index contributed by atoms with van der Waals surface area (Å²) in [4.78, 5) is 24.5. The van der Waals surface area contributed by atoms with Crippen LogP contribution in [0.2, 0.25) is 0 Å². The van der Waals surface area contributed by atoms with Gasteiger partial charge in [-0.05, 0) is 17.4 Å². The monoisotopic (exact) mass is 353 g/mol. The first-order valence-corrected chi connectivity index (χ1v) is 9.47. The molecule has 7 nitrogen and oxygen atoms in total. The molecule has 0 aromatic heterocycles. The van der Waals surface area contributed by atoms with Crippen molar-refractivity contribution >= 4 is 21.9 Å². The lowest BCUT2D eigenvalue weighted by molar-refractivity contribution is -0.138. The molecular formula is C16H19NO6S. The summed E-state index contributed by atoms with van der Waals surface area (Å²) >= 11 is 0. The van der Waals surface area contributed by atoms with Crippen molar-refractivity contribution in [3.05, 3.63) is 35.9 Å². The van der Waals surface area contributed by atoms with Crippen molar-refractivity contribution in [2.24, 2.45) is 11.8 Å². The van der Waals surface area contributed by atoms with Gasteiger partial charge < -0.3 is 14.7 Å². The molecule has 2 heterocycles. The number of hydrogen-bond donors (Lipinski definition) is 1. The summed E-state index contributed by atoms with van der Waals surface area (Å²) in [5.41, 5.74) is 0.849. The molecule has 130 valence electrons. The first-order valence-electron chi connectivity index (χ1n) is 7.76. The van der Waals surface area contributed by atoms with Crippen LogP contribution < -0.4 is 0 Å². The fourth-order valence-corrected chi connectivity index (χ4v) is 6.03. The maximum Gasteiger partial charge on any atom is 0.410 e. The molecule has 0 bridgehead atoms. The number of sulfone groups is 1. The number of carbonyl (C=O) groups excluding carboxylic acids is 1. The molecule has 2 saturated heterocycles. The van der Waals surface area contributed by atoms with Gasteiger partial charge in [-0.1, -0.05) is 30.3 Å². The lowest BCUT2D eigenvalue weighted by Gasteiger charge is -2.19. The van der Waals surface area contributed by atoms with Crippen molar-refractivity contribution < 1.29 is 27.9 Å². The van der Waals surface area contributed by atoms with E-state index < -0.39 is 33.1 Å². The Balaban J connectivity index is 1.63. The van der Waals surface area contributed by atoms with Crippen LogP contribution in [0, 0.1) is 11.8 Å². The van der Waals surface area contributed by atoms with Gasteiger partial charge in [-0.15, -0.1) is 0 Å². The molecule has 24 heavy (non-hydrogen) atoms. The van der Waals surface area contributed by atoms with Gasteiger partial charge in [-0.3, -0.25) is 4.79 Å². The first kappa shape index (κ1) is 16.8. The number of carboxylic acids is 1. The fourth-order valence-electron chi connectivity index (χ4n) is 3.57. The van der Waals surface area contributed by atoms with Gasteiger partial charge in [0.05, 0.1) is 11.0 Å². The summed E-state index contributed by atoms with van der Waals surface area (Å²) in [5.74, 6) is -1.89. The molecule has 0 saturated carbocycles. The summed E-state index contributed by atoms with van der Waals surface area (Å²) in [6.45, 7) is 0.434. The number of hydrogen-bond acceptors (Lipinski definition) is 5. The van der Waals surface area contributed by atoms with E-state index in [1.165, 1.54) is 4.90 Å². The van der Waals surface area contributed by atoms with Gasteiger partial charge in [0.25, 0.3) is 0 Å². The Morgan fingerprint density at radius 1 is 1.21 bits per heavy atom. The number of fused-ring (bicyclic) bond motifs is 1. The Labute approximate surface area is 140 Å². The van der Waals surface area contributed by atoms with Crippen LogP contribution in [0.4, 0.5) is 4.79 Å². The van der Waals surface area contributed by atoms with Gasteiger partial charge in [0.15, 0.2) is 9.84 Å². The second kappa shape index (κ2) is 6.43. The highest BCUT2D eigenvalue weighted by Gasteiger charge is 2.53. The largest absolute Gasteiger partial charge is 0.481 e. The predicted molar refractivity (Wildman–Crippen MR) is 85.0 cm³/mol. The number of likely N-dealkylation sites (tertiary alicyclic amines) is 1. The van der Waals surface area contributed by atoms with Gasteiger partial charge >= 0.3 is 12.1 Å². The van der Waals surface area contributed by atoms with E-state index >= 15 is 0 Å². The lowest BCUT2D eigenvalue weighted by Crippen LogP contribution is -2.33. The molecule has 0 spiro atoms. The number of nitrogens with zero attached hydrogens (tertiary/aromatic N) is 1. The molecule has 3 rings (SSSR count). The zero-order valence-electron chi connectivity index (χ0n) is 13.0. The molecule has 2 aliphatic rings. The SMILES string of the molecule is O=C(O)C[C@@H]1CS(=O)(=O)[C@@H]2CN(C(=O)OCc3ccccc3)C[C@H]12. The summed E-state index contributed by atoms with van der Waals surface area (Å²) in [5, 5.41) is 8.27. The molecule has 8 heteroatoms. The molecular weight excluding hydrogens is 334 g/mol. The standard InChI is InChI=1S/C16H19NO6S/c18-15(19)6-12-10-24(21,22)14-8-17(7-13(12)14)16(20)23-9-11-4-2-1-3-5-11/h1-5,12-14H,6-10H2,(H,18,19)/t12-,13-,14-/m1/s1. The Morgan fingerprint density at radius 2 is 1.92 bits per heavy atom. The van der Waals surface area contributed by atoms with E-state index in [1.807, 2.05) is 30.3 Å². The van der Waals surface area contributed by atoms with E-state index in [1.54, 1.807) is 0 Å². The van der Waals surface area contributed by atoms with Gasteiger partial charge in [0.1, 0.15) is 6.61 Å². The van der Waals surface area contributed by atoms with Crippen LogP contribution in [0.15, 0.2) is 30.3 Å². The molecule has 2 fully saturated rings. The average molecular weight is 353 g/mol. The minimum atomic E-state index is -3.36.